The molecule has 0 aliphatic carbocycles. The highest BCUT2D eigenvalue weighted by atomic mass is 16.4. The molecule has 104 valence electrons. The van der Waals surface area contributed by atoms with Gasteiger partial charge in [-0.3, -0.25) is 4.79 Å². The van der Waals surface area contributed by atoms with Crippen molar-refractivity contribution in [3.05, 3.63) is 41.1 Å². The quantitative estimate of drug-likeness (QED) is 0.349. The number of amides is 1. The van der Waals surface area contributed by atoms with Gasteiger partial charge in [0.05, 0.1) is 26.9 Å². The van der Waals surface area contributed by atoms with E-state index in [4.69, 9.17) is 0 Å². The summed E-state index contributed by atoms with van der Waals surface area (Å²) < 4.78 is 0.857. The molecule has 0 saturated heterocycles. The van der Waals surface area contributed by atoms with Gasteiger partial charge in [-0.1, -0.05) is 30.3 Å². The van der Waals surface area contributed by atoms with Crippen LogP contribution in [0.2, 0.25) is 0 Å². The molecule has 0 fully saturated rings. The standard InChI is InChI=1S/C14H21N3O2/c1-17(2,12-13-7-4-3-5-8-13)10-6-9-15-14(18)11-16-19/h3-5,7-8,11H,6,9-10,12H2,1-2H3,(H-,15,18,19). The number of carbonyl (C=O) groups is 1. The van der Waals surface area contributed by atoms with Crippen LogP contribution in [0.1, 0.15) is 12.0 Å². The Morgan fingerprint density at radius 1 is 1.37 bits per heavy atom. The fourth-order valence-corrected chi connectivity index (χ4v) is 1.97. The molecule has 1 aromatic carbocycles. The third-order valence-electron chi connectivity index (χ3n) is 2.86. The molecule has 1 aromatic rings. The Labute approximate surface area is 114 Å². The largest absolute Gasteiger partial charge is 0.792 e. The van der Waals surface area contributed by atoms with Crippen molar-refractivity contribution in [2.75, 3.05) is 27.2 Å². The van der Waals surface area contributed by atoms with E-state index in [0.29, 0.717) is 6.54 Å². The molecular weight excluding hydrogens is 242 g/mol. The molecule has 0 aliphatic rings. The average molecular weight is 263 g/mol. The molecule has 1 N–H and O–H groups in total. The van der Waals surface area contributed by atoms with Crippen LogP contribution >= 0.6 is 0 Å². The minimum atomic E-state index is -0.427. The number of nitrogens with zero attached hydrogens (tertiary/aromatic N) is 2. The summed E-state index contributed by atoms with van der Waals surface area (Å²) in [5.41, 5.74) is 1.30. The number of benzene rings is 1. The zero-order valence-electron chi connectivity index (χ0n) is 11.5. The van der Waals surface area contributed by atoms with Crippen molar-refractivity contribution >= 4 is 12.1 Å². The zero-order chi connectivity index (χ0) is 14.1. The first-order valence-corrected chi connectivity index (χ1v) is 6.33. The van der Waals surface area contributed by atoms with E-state index < -0.39 is 5.91 Å². The number of hydrogen-bond donors (Lipinski definition) is 1. The first kappa shape index (κ1) is 15.2. The highest BCUT2D eigenvalue weighted by molar-refractivity contribution is 6.26. The van der Waals surface area contributed by atoms with Crippen molar-refractivity contribution in [2.45, 2.75) is 13.0 Å². The zero-order valence-corrected chi connectivity index (χ0v) is 11.5. The van der Waals surface area contributed by atoms with Gasteiger partial charge in [0.2, 0.25) is 0 Å². The van der Waals surface area contributed by atoms with Crippen molar-refractivity contribution in [3.8, 4) is 0 Å². The maximum Gasteiger partial charge on any atom is 0.261 e. The summed E-state index contributed by atoms with van der Waals surface area (Å²) in [6, 6.07) is 10.3. The van der Waals surface area contributed by atoms with Crippen LogP contribution in [0.3, 0.4) is 0 Å². The lowest BCUT2D eigenvalue weighted by molar-refractivity contribution is -0.903. The van der Waals surface area contributed by atoms with E-state index in [1.807, 2.05) is 18.2 Å². The predicted octanol–water partition coefficient (Wildman–Crippen LogP) is 1.34. The Balaban J connectivity index is 2.29. The molecule has 1 rings (SSSR count). The normalized spacial score (nSPS) is 11.7. The highest BCUT2D eigenvalue weighted by Gasteiger charge is 2.15. The Morgan fingerprint density at radius 3 is 2.68 bits per heavy atom. The summed E-state index contributed by atoms with van der Waals surface area (Å²) in [6.07, 6.45) is 1.61. The number of hydrogen-bond acceptors (Lipinski definition) is 3. The lowest BCUT2D eigenvalue weighted by Gasteiger charge is -2.30. The molecule has 0 aliphatic heterocycles. The number of quaternary nitrogens is 1. The van der Waals surface area contributed by atoms with E-state index in [2.05, 4.69) is 36.7 Å². The van der Waals surface area contributed by atoms with E-state index in [9.17, 15) is 10.0 Å². The number of rotatable bonds is 7. The highest BCUT2D eigenvalue weighted by Crippen LogP contribution is 2.09. The van der Waals surface area contributed by atoms with Crippen LogP contribution in [0.4, 0.5) is 0 Å². The fourth-order valence-electron chi connectivity index (χ4n) is 1.97. The average Bonchev–Trinajstić information content (AvgIpc) is 2.36. The molecule has 0 aromatic heterocycles. The lowest BCUT2D eigenvalue weighted by atomic mass is 10.2. The van der Waals surface area contributed by atoms with Crippen LogP contribution in [-0.4, -0.2) is 43.8 Å². The summed E-state index contributed by atoms with van der Waals surface area (Å²) in [5, 5.41) is 14.9. The summed E-state index contributed by atoms with van der Waals surface area (Å²) in [4.78, 5) is 11.0. The Kier molecular flexibility index (Phi) is 6.02. The maximum absolute atomic E-state index is 11.0. The van der Waals surface area contributed by atoms with Crippen LogP contribution in [0.15, 0.2) is 35.5 Å². The van der Waals surface area contributed by atoms with E-state index >= 15 is 0 Å². The van der Waals surface area contributed by atoms with Gasteiger partial charge in [-0.25, -0.2) is 0 Å². The molecule has 0 spiro atoms. The maximum atomic E-state index is 11.0. The van der Waals surface area contributed by atoms with Gasteiger partial charge in [0.1, 0.15) is 6.54 Å². The molecule has 0 unspecified atom stereocenters. The van der Waals surface area contributed by atoms with Crippen molar-refractivity contribution in [1.82, 2.24) is 5.32 Å². The monoisotopic (exact) mass is 263 g/mol. The SMILES string of the molecule is C[N+](C)(CCCNC(=O)/C=N/[O-])Cc1ccccc1. The van der Waals surface area contributed by atoms with E-state index in [-0.39, 0.29) is 0 Å². The summed E-state index contributed by atoms with van der Waals surface area (Å²) in [6.45, 7) is 2.46. The van der Waals surface area contributed by atoms with E-state index in [1.54, 1.807) is 0 Å². The smallest absolute Gasteiger partial charge is 0.261 e. The van der Waals surface area contributed by atoms with E-state index in [1.165, 1.54) is 5.56 Å². The van der Waals surface area contributed by atoms with Crippen molar-refractivity contribution in [3.63, 3.8) is 0 Å². The molecule has 19 heavy (non-hydrogen) atoms. The van der Waals surface area contributed by atoms with Gasteiger partial charge in [-0.2, -0.15) is 0 Å². The van der Waals surface area contributed by atoms with Gasteiger partial charge in [-0.05, 0) is 0 Å². The topological polar surface area (TPSA) is 64.5 Å². The van der Waals surface area contributed by atoms with Gasteiger partial charge in [-0.15, -0.1) is 0 Å². The third-order valence-corrected chi connectivity index (χ3v) is 2.86. The molecule has 0 heterocycles. The molecule has 0 atom stereocenters. The molecule has 5 heteroatoms. The lowest BCUT2D eigenvalue weighted by Crippen LogP contribution is -2.41. The van der Waals surface area contributed by atoms with Gasteiger partial charge in [0.25, 0.3) is 5.91 Å². The fraction of sp³-hybridized carbons (Fsp3) is 0.429. The second kappa shape index (κ2) is 7.53. The number of nitrogens with one attached hydrogen (secondary N) is 1. The van der Waals surface area contributed by atoms with Gasteiger partial charge >= 0.3 is 0 Å². The number of carbonyl (C=O) groups excluding carboxylic acids is 1. The van der Waals surface area contributed by atoms with Crippen LogP contribution in [0.5, 0.6) is 0 Å². The molecule has 0 radical (unpaired) electrons. The van der Waals surface area contributed by atoms with E-state index in [0.717, 1.165) is 30.2 Å². The Morgan fingerprint density at radius 2 is 2.05 bits per heavy atom. The van der Waals surface area contributed by atoms with Crippen LogP contribution < -0.4 is 5.32 Å². The molecular formula is C14H21N3O2. The molecule has 5 nitrogen and oxygen atoms in total. The molecule has 0 saturated carbocycles. The van der Waals surface area contributed by atoms with Crippen molar-refractivity contribution < 1.29 is 9.28 Å². The third kappa shape index (κ3) is 6.57. The van der Waals surface area contributed by atoms with Crippen molar-refractivity contribution in [1.29, 1.82) is 0 Å². The molecule has 1 amide bonds. The van der Waals surface area contributed by atoms with Crippen LogP contribution in [0, 0.1) is 5.21 Å². The first-order valence-electron chi connectivity index (χ1n) is 6.33. The summed E-state index contributed by atoms with van der Waals surface area (Å²) >= 11 is 0. The second-order valence-corrected chi connectivity index (χ2v) is 5.18. The van der Waals surface area contributed by atoms with Gasteiger partial charge in [0, 0.05) is 18.5 Å². The van der Waals surface area contributed by atoms with Gasteiger partial charge in [0.15, 0.2) is 0 Å². The Hall–Kier alpha value is -1.88. The minimum absolute atomic E-state index is 0.427. The molecule has 0 bridgehead atoms. The first-order chi connectivity index (χ1) is 9.03. The van der Waals surface area contributed by atoms with Gasteiger partial charge < -0.3 is 20.2 Å². The summed E-state index contributed by atoms with van der Waals surface area (Å²) in [7, 11) is 4.32. The van der Waals surface area contributed by atoms with Crippen LogP contribution in [-0.2, 0) is 11.3 Å². The van der Waals surface area contributed by atoms with Crippen molar-refractivity contribution in [2.24, 2.45) is 5.16 Å². The van der Waals surface area contributed by atoms with Crippen LogP contribution in [0.25, 0.3) is 0 Å². The second-order valence-electron chi connectivity index (χ2n) is 5.18. The Bertz CT molecular complexity index is 416. The predicted molar refractivity (Wildman–Crippen MR) is 76.6 cm³/mol. The minimum Gasteiger partial charge on any atom is -0.792 e. The summed E-state index contributed by atoms with van der Waals surface area (Å²) in [5.74, 6) is -0.427.